The van der Waals surface area contributed by atoms with Crippen molar-refractivity contribution in [1.29, 1.82) is 0 Å². The predicted octanol–water partition coefficient (Wildman–Crippen LogP) is 5.80. The predicted molar refractivity (Wildman–Crippen MR) is 133 cm³/mol. The highest BCUT2D eigenvalue weighted by Gasteiger charge is 2.42. The number of benzene rings is 2. The minimum atomic E-state index is -0.538. The quantitative estimate of drug-likeness (QED) is 0.422. The van der Waals surface area contributed by atoms with Gasteiger partial charge in [0.25, 0.3) is 5.91 Å². The molecule has 1 amide bonds. The number of ether oxygens (including phenoxy) is 2. The number of nitrogens with zero attached hydrogens (tertiary/aromatic N) is 1. The minimum Gasteiger partial charge on any atom is -0.493 e. The molecule has 0 saturated carbocycles. The standard InChI is InChI=1S/C28H33NO5/c1-7-8-11-29-25(19-9-10-20(21(14-19)32-6)33-15-16(2)3)24-26(30)23-18(5)12-17(4)13-22(23)34-27(24)28(29)31/h9-10,12-14,16,25H,7-8,11,15H2,1-6H3. The van der Waals surface area contributed by atoms with Gasteiger partial charge in [0.1, 0.15) is 5.58 Å². The number of carbonyl (C=O) groups excluding carboxylic acids is 1. The topological polar surface area (TPSA) is 69.0 Å². The lowest BCUT2D eigenvalue weighted by Gasteiger charge is -2.25. The summed E-state index contributed by atoms with van der Waals surface area (Å²) in [7, 11) is 1.59. The molecule has 180 valence electrons. The number of hydrogen-bond acceptors (Lipinski definition) is 5. The van der Waals surface area contributed by atoms with E-state index in [4.69, 9.17) is 13.9 Å². The van der Waals surface area contributed by atoms with Crippen LogP contribution in [0.5, 0.6) is 11.5 Å². The molecular formula is C28H33NO5. The first-order valence-electron chi connectivity index (χ1n) is 12.0. The number of rotatable bonds is 8. The molecule has 0 aliphatic carbocycles. The number of amides is 1. The van der Waals surface area contributed by atoms with Gasteiger partial charge in [-0.25, -0.2) is 0 Å². The van der Waals surface area contributed by atoms with E-state index < -0.39 is 6.04 Å². The van der Waals surface area contributed by atoms with E-state index in [1.54, 1.807) is 12.0 Å². The van der Waals surface area contributed by atoms with E-state index in [2.05, 4.69) is 20.8 Å². The van der Waals surface area contributed by atoms with Gasteiger partial charge in [-0.2, -0.15) is 0 Å². The Morgan fingerprint density at radius 1 is 1.09 bits per heavy atom. The molecule has 6 nitrogen and oxygen atoms in total. The van der Waals surface area contributed by atoms with Crippen LogP contribution in [0.25, 0.3) is 11.0 Å². The van der Waals surface area contributed by atoms with Crippen molar-refractivity contribution in [3.63, 3.8) is 0 Å². The van der Waals surface area contributed by atoms with Gasteiger partial charge in [0.2, 0.25) is 5.76 Å². The monoisotopic (exact) mass is 463 g/mol. The maximum atomic E-state index is 13.8. The molecule has 0 radical (unpaired) electrons. The Hall–Kier alpha value is -3.28. The molecule has 34 heavy (non-hydrogen) atoms. The van der Waals surface area contributed by atoms with Gasteiger partial charge in [-0.05, 0) is 61.1 Å². The van der Waals surface area contributed by atoms with Crippen LogP contribution in [0.15, 0.2) is 39.5 Å². The Morgan fingerprint density at radius 2 is 1.85 bits per heavy atom. The van der Waals surface area contributed by atoms with Gasteiger partial charge in [-0.3, -0.25) is 9.59 Å². The number of hydrogen-bond donors (Lipinski definition) is 0. The van der Waals surface area contributed by atoms with Crippen LogP contribution in [-0.2, 0) is 0 Å². The Kier molecular flexibility index (Phi) is 6.69. The van der Waals surface area contributed by atoms with Crippen LogP contribution in [0.4, 0.5) is 0 Å². The van der Waals surface area contributed by atoms with E-state index in [9.17, 15) is 9.59 Å². The zero-order valence-electron chi connectivity index (χ0n) is 20.9. The highest BCUT2D eigenvalue weighted by atomic mass is 16.5. The molecule has 1 unspecified atom stereocenters. The molecule has 1 atom stereocenters. The van der Waals surface area contributed by atoms with E-state index in [-0.39, 0.29) is 17.1 Å². The Morgan fingerprint density at radius 3 is 2.53 bits per heavy atom. The smallest absolute Gasteiger partial charge is 0.290 e. The third kappa shape index (κ3) is 4.17. The summed E-state index contributed by atoms with van der Waals surface area (Å²) in [6, 6.07) is 8.89. The molecular weight excluding hydrogens is 430 g/mol. The summed E-state index contributed by atoms with van der Waals surface area (Å²) >= 11 is 0. The largest absolute Gasteiger partial charge is 0.493 e. The SMILES string of the molecule is CCCCN1C(=O)c2oc3cc(C)cc(C)c3c(=O)c2C1c1ccc(OCC(C)C)c(OC)c1. The summed E-state index contributed by atoms with van der Waals surface area (Å²) in [6.07, 6.45) is 1.76. The van der Waals surface area contributed by atoms with Crippen molar-refractivity contribution >= 4 is 16.9 Å². The summed E-state index contributed by atoms with van der Waals surface area (Å²) in [5, 5.41) is 0.531. The van der Waals surface area contributed by atoms with Crippen LogP contribution < -0.4 is 14.9 Å². The van der Waals surface area contributed by atoms with Crippen molar-refractivity contribution in [2.45, 2.75) is 53.5 Å². The fourth-order valence-electron chi connectivity index (χ4n) is 4.65. The van der Waals surface area contributed by atoms with Crippen molar-refractivity contribution in [2.24, 2.45) is 5.92 Å². The highest BCUT2D eigenvalue weighted by Crippen LogP contribution is 2.41. The molecule has 0 saturated heterocycles. The van der Waals surface area contributed by atoms with Crippen molar-refractivity contribution < 1.29 is 18.7 Å². The number of unbranched alkanes of at least 4 members (excludes halogenated alkanes) is 1. The lowest BCUT2D eigenvalue weighted by atomic mass is 9.96. The molecule has 2 aromatic carbocycles. The van der Waals surface area contributed by atoms with E-state index in [1.807, 2.05) is 44.2 Å². The summed E-state index contributed by atoms with van der Waals surface area (Å²) in [6.45, 7) is 11.2. The zero-order chi connectivity index (χ0) is 24.6. The molecule has 4 rings (SSSR count). The number of aryl methyl sites for hydroxylation is 2. The fourth-order valence-corrected chi connectivity index (χ4v) is 4.65. The van der Waals surface area contributed by atoms with E-state index in [0.29, 0.717) is 47.1 Å². The summed E-state index contributed by atoms with van der Waals surface area (Å²) in [4.78, 5) is 29.0. The first kappa shape index (κ1) is 23.9. The molecule has 0 N–H and O–H groups in total. The van der Waals surface area contributed by atoms with Gasteiger partial charge in [-0.1, -0.05) is 39.3 Å². The number of carbonyl (C=O) groups is 1. The molecule has 3 aromatic rings. The third-order valence-corrected chi connectivity index (χ3v) is 6.24. The lowest BCUT2D eigenvalue weighted by molar-refractivity contribution is 0.0725. The summed E-state index contributed by atoms with van der Waals surface area (Å²) in [5.41, 5.74) is 3.34. The van der Waals surface area contributed by atoms with E-state index in [1.165, 1.54) is 0 Å². The number of fused-ring (bicyclic) bond motifs is 2. The maximum absolute atomic E-state index is 13.8. The molecule has 1 aromatic heterocycles. The highest BCUT2D eigenvalue weighted by molar-refractivity contribution is 5.99. The van der Waals surface area contributed by atoms with Gasteiger partial charge < -0.3 is 18.8 Å². The normalized spacial score (nSPS) is 15.3. The van der Waals surface area contributed by atoms with Crippen LogP contribution in [0, 0.1) is 19.8 Å². The second kappa shape index (κ2) is 9.53. The van der Waals surface area contributed by atoms with Crippen molar-refractivity contribution in [2.75, 3.05) is 20.3 Å². The van der Waals surface area contributed by atoms with Crippen molar-refractivity contribution in [3.05, 3.63) is 68.6 Å². The van der Waals surface area contributed by atoms with Crippen LogP contribution in [0.2, 0.25) is 0 Å². The molecule has 2 heterocycles. The summed E-state index contributed by atoms with van der Waals surface area (Å²) < 4.78 is 17.6. The minimum absolute atomic E-state index is 0.141. The fraction of sp³-hybridized carbons (Fsp3) is 0.429. The molecule has 6 heteroatoms. The van der Waals surface area contributed by atoms with Crippen molar-refractivity contribution in [3.8, 4) is 11.5 Å². The van der Waals surface area contributed by atoms with E-state index in [0.717, 1.165) is 29.5 Å². The Balaban J connectivity index is 1.90. The molecule has 1 aliphatic heterocycles. The molecule has 0 fully saturated rings. The van der Waals surface area contributed by atoms with Crippen molar-refractivity contribution in [1.82, 2.24) is 4.90 Å². The molecule has 0 bridgehead atoms. The van der Waals surface area contributed by atoms with Gasteiger partial charge in [0.15, 0.2) is 16.9 Å². The van der Waals surface area contributed by atoms with Gasteiger partial charge in [-0.15, -0.1) is 0 Å². The maximum Gasteiger partial charge on any atom is 0.290 e. The van der Waals surface area contributed by atoms with Crippen LogP contribution >= 0.6 is 0 Å². The number of methoxy groups -OCH3 is 1. The molecule has 0 spiro atoms. The van der Waals surface area contributed by atoms with Gasteiger partial charge in [0, 0.05) is 6.54 Å². The first-order chi connectivity index (χ1) is 16.3. The second-order valence-electron chi connectivity index (χ2n) is 9.50. The third-order valence-electron chi connectivity index (χ3n) is 6.24. The average Bonchev–Trinajstić information content (AvgIpc) is 3.07. The van der Waals surface area contributed by atoms with Crippen LogP contribution in [0.1, 0.15) is 72.5 Å². The Labute approximate surface area is 200 Å². The summed E-state index contributed by atoms with van der Waals surface area (Å²) in [5.74, 6) is 1.49. The zero-order valence-corrected chi connectivity index (χ0v) is 20.9. The Bertz CT molecular complexity index is 1290. The second-order valence-corrected chi connectivity index (χ2v) is 9.50. The van der Waals surface area contributed by atoms with Gasteiger partial charge in [0.05, 0.1) is 30.7 Å². The van der Waals surface area contributed by atoms with E-state index >= 15 is 0 Å². The lowest BCUT2D eigenvalue weighted by Crippen LogP contribution is -2.30. The van der Waals surface area contributed by atoms with Crippen LogP contribution in [0.3, 0.4) is 0 Å². The first-order valence-corrected chi connectivity index (χ1v) is 12.0. The van der Waals surface area contributed by atoms with Gasteiger partial charge >= 0.3 is 0 Å². The molecule has 1 aliphatic rings. The average molecular weight is 464 g/mol. The van der Waals surface area contributed by atoms with Crippen LogP contribution in [-0.4, -0.2) is 31.1 Å².